The zero-order chi connectivity index (χ0) is 22.2. The monoisotopic (exact) mass is 437 g/mol. The highest BCUT2D eigenvalue weighted by Crippen LogP contribution is 2.23. The first-order valence-corrected chi connectivity index (χ1v) is 11.9. The number of guanidine groups is 1. The standard InChI is InChI=1S/C21H35N5O3S/c1-5-22-20(24-16-19(27)25-21(2,3)4)23-15-17-11-13-26(14-12-17)30(28,29)18-9-7-6-8-10-18/h6-10,17H,5,11-16H2,1-4H3,(H,25,27)(H2,22,23,24). The lowest BCUT2D eigenvalue weighted by Gasteiger charge is -2.31. The molecule has 0 radical (unpaired) electrons. The minimum Gasteiger partial charge on any atom is -0.357 e. The van der Waals surface area contributed by atoms with E-state index < -0.39 is 10.0 Å². The minimum atomic E-state index is -3.43. The van der Waals surface area contributed by atoms with E-state index in [9.17, 15) is 13.2 Å². The third-order valence-electron chi connectivity index (χ3n) is 4.75. The molecular weight excluding hydrogens is 402 g/mol. The summed E-state index contributed by atoms with van der Waals surface area (Å²) >= 11 is 0. The fourth-order valence-corrected chi connectivity index (χ4v) is 4.78. The van der Waals surface area contributed by atoms with Crippen LogP contribution in [0.1, 0.15) is 40.5 Å². The zero-order valence-electron chi connectivity index (χ0n) is 18.4. The molecule has 30 heavy (non-hydrogen) atoms. The third kappa shape index (κ3) is 7.60. The van der Waals surface area contributed by atoms with Gasteiger partial charge in [-0.25, -0.2) is 13.4 Å². The van der Waals surface area contributed by atoms with E-state index in [0.29, 0.717) is 43.0 Å². The Labute approximate surface area is 180 Å². The van der Waals surface area contributed by atoms with E-state index >= 15 is 0 Å². The number of aliphatic imine (C=N–C) groups is 1. The molecule has 1 aromatic carbocycles. The van der Waals surface area contributed by atoms with Crippen LogP contribution >= 0.6 is 0 Å². The van der Waals surface area contributed by atoms with Crippen LogP contribution in [0.3, 0.4) is 0 Å². The van der Waals surface area contributed by atoms with Crippen molar-refractivity contribution in [2.75, 3.05) is 32.7 Å². The summed E-state index contributed by atoms with van der Waals surface area (Å²) in [5.41, 5.74) is -0.285. The molecule has 1 aromatic rings. The topological polar surface area (TPSA) is 103 Å². The molecule has 1 aliphatic heterocycles. The van der Waals surface area contributed by atoms with Crippen LogP contribution in [0.15, 0.2) is 40.2 Å². The Morgan fingerprint density at radius 3 is 2.33 bits per heavy atom. The second-order valence-electron chi connectivity index (χ2n) is 8.53. The Morgan fingerprint density at radius 1 is 1.13 bits per heavy atom. The molecule has 0 spiro atoms. The van der Waals surface area contributed by atoms with Crippen LogP contribution in [0.5, 0.6) is 0 Å². The van der Waals surface area contributed by atoms with Gasteiger partial charge in [-0.15, -0.1) is 0 Å². The SMILES string of the molecule is CCNC(=NCC(=O)NC(C)(C)C)NCC1CCN(S(=O)(=O)c2ccccc2)CC1. The van der Waals surface area contributed by atoms with Crippen LogP contribution in [0.4, 0.5) is 0 Å². The van der Waals surface area contributed by atoms with Gasteiger partial charge in [0.05, 0.1) is 4.90 Å². The van der Waals surface area contributed by atoms with Crippen LogP contribution in [0.25, 0.3) is 0 Å². The highest BCUT2D eigenvalue weighted by molar-refractivity contribution is 7.89. The Hall–Kier alpha value is -2.13. The number of carbonyl (C=O) groups is 1. The van der Waals surface area contributed by atoms with Gasteiger partial charge in [-0.2, -0.15) is 4.31 Å². The quantitative estimate of drug-likeness (QED) is 0.444. The molecule has 1 saturated heterocycles. The number of piperidine rings is 1. The molecule has 1 heterocycles. The molecule has 0 saturated carbocycles. The lowest BCUT2D eigenvalue weighted by molar-refractivity contribution is -0.121. The van der Waals surface area contributed by atoms with Crippen molar-refractivity contribution in [1.29, 1.82) is 0 Å². The fraction of sp³-hybridized carbons (Fsp3) is 0.619. The molecule has 168 valence electrons. The van der Waals surface area contributed by atoms with Gasteiger partial charge in [-0.1, -0.05) is 18.2 Å². The number of rotatable bonds is 7. The lowest BCUT2D eigenvalue weighted by atomic mass is 9.98. The number of hydrogen-bond donors (Lipinski definition) is 3. The average molecular weight is 438 g/mol. The van der Waals surface area contributed by atoms with Gasteiger partial charge in [0.1, 0.15) is 6.54 Å². The summed E-state index contributed by atoms with van der Waals surface area (Å²) in [6.45, 7) is 10.2. The number of carbonyl (C=O) groups excluding carboxylic acids is 1. The Morgan fingerprint density at radius 2 is 1.77 bits per heavy atom. The average Bonchev–Trinajstić information content (AvgIpc) is 2.70. The maximum Gasteiger partial charge on any atom is 0.243 e. The van der Waals surface area contributed by atoms with Crippen LogP contribution in [-0.2, 0) is 14.8 Å². The molecule has 0 bridgehead atoms. The van der Waals surface area contributed by atoms with Crippen molar-refractivity contribution in [1.82, 2.24) is 20.3 Å². The number of nitrogens with one attached hydrogen (secondary N) is 3. The first kappa shape index (κ1) is 24.1. The van der Waals surface area contributed by atoms with E-state index in [1.54, 1.807) is 28.6 Å². The van der Waals surface area contributed by atoms with Gasteiger partial charge >= 0.3 is 0 Å². The molecular formula is C21H35N5O3S. The van der Waals surface area contributed by atoms with E-state index in [4.69, 9.17) is 0 Å². The molecule has 0 atom stereocenters. The molecule has 9 heteroatoms. The molecule has 2 rings (SSSR count). The number of amides is 1. The fourth-order valence-electron chi connectivity index (χ4n) is 3.29. The van der Waals surface area contributed by atoms with Crippen molar-refractivity contribution in [3.63, 3.8) is 0 Å². The van der Waals surface area contributed by atoms with Gasteiger partial charge in [-0.3, -0.25) is 4.79 Å². The van der Waals surface area contributed by atoms with Gasteiger partial charge in [0.25, 0.3) is 0 Å². The van der Waals surface area contributed by atoms with Gasteiger partial charge in [-0.05, 0) is 58.6 Å². The summed E-state index contributed by atoms with van der Waals surface area (Å²) in [6, 6.07) is 8.57. The van der Waals surface area contributed by atoms with Gasteiger partial charge in [0.15, 0.2) is 5.96 Å². The van der Waals surface area contributed by atoms with Crippen molar-refractivity contribution in [2.24, 2.45) is 10.9 Å². The van der Waals surface area contributed by atoms with Crippen molar-refractivity contribution in [2.45, 2.75) is 51.0 Å². The van der Waals surface area contributed by atoms with Crippen LogP contribution in [0.2, 0.25) is 0 Å². The van der Waals surface area contributed by atoms with Crippen LogP contribution in [-0.4, -0.2) is 62.9 Å². The highest BCUT2D eigenvalue weighted by atomic mass is 32.2. The second-order valence-corrected chi connectivity index (χ2v) is 10.5. The summed E-state index contributed by atoms with van der Waals surface area (Å²) in [7, 11) is -3.43. The van der Waals surface area contributed by atoms with Crippen molar-refractivity contribution in [3.8, 4) is 0 Å². The predicted octanol–water partition coefficient (Wildman–Crippen LogP) is 1.56. The Kier molecular flexibility index (Phi) is 8.66. The van der Waals surface area contributed by atoms with Crippen LogP contribution < -0.4 is 16.0 Å². The first-order valence-electron chi connectivity index (χ1n) is 10.5. The van der Waals surface area contributed by atoms with E-state index in [2.05, 4.69) is 20.9 Å². The maximum atomic E-state index is 12.7. The molecule has 0 unspecified atom stereocenters. The van der Waals surface area contributed by atoms with Gasteiger partial charge in [0.2, 0.25) is 15.9 Å². The minimum absolute atomic E-state index is 0.0559. The van der Waals surface area contributed by atoms with Crippen molar-refractivity contribution >= 4 is 21.9 Å². The molecule has 1 fully saturated rings. The number of hydrogen-bond acceptors (Lipinski definition) is 4. The molecule has 3 N–H and O–H groups in total. The van der Waals surface area contributed by atoms with Crippen LogP contribution in [0, 0.1) is 5.92 Å². The maximum absolute atomic E-state index is 12.7. The number of sulfonamides is 1. The Bertz CT molecular complexity index is 811. The van der Waals surface area contributed by atoms with E-state index in [-0.39, 0.29) is 18.0 Å². The molecule has 0 aliphatic carbocycles. The van der Waals surface area contributed by atoms with Gasteiger partial charge in [0, 0.05) is 31.7 Å². The molecule has 8 nitrogen and oxygen atoms in total. The highest BCUT2D eigenvalue weighted by Gasteiger charge is 2.29. The zero-order valence-corrected chi connectivity index (χ0v) is 19.3. The van der Waals surface area contributed by atoms with Crippen molar-refractivity contribution < 1.29 is 13.2 Å². The van der Waals surface area contributed by atoms with Gasteiger partial charge < -0.3 is 16.0 Å². The largest absolute Gasteiger partial charge is 0.357 e. The molecule has 1 aliphatic rings. The smallest absolute Gasteiger partial charge is 0.243 e. The molecule has 0 aromatic heterocycles. The second kappa shape index (κ2) is 10.8. The van der Waals surface area contributed by atoms with E-state index in [1.807, 2.05) is 33.8 Å². The summed E-state index contributed by atoms with van der Waals surface area (Å²) in [5, 5.41) is 9.32. The molecule has 1 amide bonds. The summed E-state index contributed by atoms with van der Waals surface area (Å²) in [5.74, 6) is 0.819. The first-order chi connectivity index (χ1) is 14.1. The number of nitrogens with zero attached hydrogens (tertiary/aromatic N) is 2. The number of benzene rings is 1. The van der Waals surface area contributed by atoms with E-state index in [0.717, 1.165) is 12.8 Å². The normalized spacial score (nSPS) is 16.9. The summed E-state index contributed by atoms with van der Waals surface area (Å²) in [6.07, 6.45) is 1.56. The third-order valence-corrected chi connectivity index (χ3v) is 6.66. The summed E-state index contributed by atoms with van der Waals surface area (Å²) in [4.78, 5) is 16.7. The predicted molar refractivity (Wildman–Crippen MR) is 120 cm³/mol. The van der Waals surface area contributed by atoms with Crippen molar-refractivity contribution in [3.05, 3.63) is 30.3 Å². The summed E-state index contributed by atoms with van der Waals surface area (Å²) < 4.78 is 27.0. The Balaban J connectivity index is 1.84. The van der Waals surface area contributed by atoms with E-state index in [1.165, 1.54) is 0 Å². The lowest BCUT2D eigenvalue weighted by Crippen LogP contribution is -2.45.